The maximum absolute atomic E-state index is 13.2. The molecule has 0 saturated carbocycles. The lowest BCUT2D eigenvalue weighted by Gasteiger charge is -2.32. The molecule has 3 rings (SSSR count). The Morgan fingerprint density at radius 2 is 1.89 bits per heavy atom. The number of aromatic nitrogens is 2. The number of nitrogens with zero attached hydrogens (tertiary/aromatic N) is 3. The number of carbonyl (C=O) groups is 1. The molecule has 1 aliphatic rings. The Kier molecular flexibility index (Phi) is 6.61. The van der Waals surface area contributed by atoms with Gasteiger partial charge in [0.1, 0.15) is 0 Å². The predicted molar refractivity (Wildman–Crippen MR) is 108 cm³/mol. The van der Waals surface area contributed by atoms with Gasteiger partial charge in [0.2, 0.25) is 0 Å². The summed E-state index contributed by atoms with van der Waals surface area (Å²) < 4.78 is 1.49. The molecule has 1 aliphatic heterocycles. The normalized spacial score (nSPS) is 15.4. The van der Waals surface area contributed by atoms with E-state index in [9.17, 15) is 9.59 Å². The van der Waals surface area contributed by atoms with Crippen molar-refractivity contribution >= 4 is 16.7 Å². The van der Waals surface area contributed by atoms with Crippen molar-refractivity contribution in [3.05, 3.63) is 40.3 Å². The number of fused-ring (bicyclic) bond motifs is 1. The van der Waals surface area contributed by atoms with E-state index < -0.39 is 0 Å². The highest BCUT2D eigenvalue weighted by atomic mass is 16.2. The van der Waals surface area contributed by atoms with Gasteiger partial charge in [0.05, 0.1) is 5.39 Å². The van der Waals surface area contributed by atoms with Crippen molar-refractivity contribution in [1.82, 2.24) is 20.0 Å². The molecule has 146 valence electrons. The minimum absolute atomic E-state index is 0.0571. The molecule has 0 unspecified atom stereocenters. The summed E-state index contributed by atoms with van der Waals surface area (Å²) in [6.45, 7) is 5.17. The third-order valence-corrected chi connectivity index (χ3v) is 5.44. The Morgan fingerprint density at radius 1 is 1.19 bits per heavy atom. The van der Waals surface area contributed by atoms with Crippen LogP contribution < -0.4 is 10.9 Å². The van der Waals surface area contributed by atoms with Gasteiger partial charge in [-0.25, -0.2) is 4.68 Å². The van der Waals surface area contributed by atoms with Crippen LogP contribution in [0.5, 0.6) is 0 Å². The number of hydrogen-bond donors (Lipinski definition) is 1. The SMILES string of the molecule is CCCCCn1nc(C(=O)N2CCC(CNC)CC2)c2ccccc2c1=O. The number of nitrogens with one attached hydrogen (secondary N) is 1. The second-order valence-electron chi connectivity index (χ2n) is 7.42. The van der Waals surface area contributed by atoms with Crippen LogP contribution in [-0.4, -0.2) is 47.3 Å². The zero-order valence-electron chi connectivity index (χ0n) is 16.4. The maximum Gasteiger partial charge on any atom is 0.274 e. The molecule has 6 heteroatoms. The summed E-state index contributed by atoms with van der Waals surface area (Å²) in [6, 6.07) is 7.34. The summed E-state index contributed by atoms with van der Waals surface area (Å²) in [4.78, 5) is 27.9. The highest BCUT2D eigenvalue weighted by Crippen LogP contribution is 2.21. The van der Waals surface area contributed by atoms with E-state index in [1.165, 1.54) is 4.68 Å². The molecule has 1 amide bonds. The summed E-state index contributed by atoms with van der Waals surface area (Å²) in [5, 5.41) is 8.97. The Morgan fingerprint density at radius 3 is 2.56 bits per heavy atom. The molecule has 1 fully saturated rings. The molecule has 1 aromatic carbocycles. The molecule has 27 heavy (non-hydrogen) atoms. The smallest absolute Gasteiger partial charge is 0.274 e. The Balaban J connectivity index is 1.89. The van der Waals surface area contributed by atoms with Crippen LogP contribution in [0.25, 0.3) is 10.8 Å². The van der Waals surface area contributed by atoms with Crippen molar-refractivity contribution in [1.29, 1.82) is 0 Å². The number of likely N-dealkylation sites (tertiary alicyclic amines) is 1. The molecule has 0 radical (unpaired) electrons. The molecule has 1 N–H and O–H groups in total. The molecule has 0 atom stereocenters. The van der Waals surface area contributed by atoms with E-state index in [0.717, 1.165) is 51.7 Å². The van der Waals surface area contributed by atoms with Crippen LogP contribution in [0, 0.1) is 5.92 Å². The summed E-state index contributed by atoms with van der Waals surface area (Å²) in [5.74, 6) is 0.560. The van der Waals surface area contributed by atoms with E-state index >= 15 is 0 Å². The van der Waals surface area contributed by atoms with Crippen molar-refractivity contribution in [3.8, 4) is 0 Å². The number of unbranched alkanes of at least 4 members (excludes halogenated alkanes) is 2. The van der Waals surface area contributed by atoms with Crippen LogP contribution in [-0.2, 0) is 6.54 Å². The fourth-order valence-corrected chi connectivity index (χ4v) is 3.83. The average molecular weight is 370 g/mol. The molecule has 0 bridgehead atoms. The van der Waals surface area contributed by atoms with E-state index in [4.69, 9.17) is 0 Å². The second kappa shape index (κ2) is 9.13. The van der Waals surface area contributed by atoms with Crippen LogP contribution in [0.4, 0.5) is 0 Å². The lowest BCUT2D eigenvalue weighted by molar-refractivity contribution is 0.0684. The van der Waals surface area contributed by atoms with Gasteiger partial charge in [-0.15, -0.1) is 0 Å². The first-order valence-electron chi connectivity index (χ1n) is 10.1. The first-order valence-corrected chi connectivity index (χ1v) is 10.1. The summed E-state index contributed by atoms with van der Waals surface area (Å²) >= 11 is 0. The molecule has 0 aliphatic carbocycles. The first kappa shape index (κ1) is 19.5. The van der Waals surface area contributed by atoms with Gasteiger partial charge < -0.3 is 10.2 Å². The molecular formula is C21H30N4O2. The van der Waals surface area contributed by atoms with Gasteiger partial charge in [-0.2, -0.15) is 5.10 Å². The molecule has 2 aromatic rings. The van der Waals surface area contributed by atoms with E-state index in [1.54, 1.807) is 6.07 Å². The average Bonchev–Trinajstić information content (AvgIpc) is 2.70. The zero-order chi connectivity index (χ0) is 19.2. The lowest BCUT2D eigenvalue weighted by Crippen LogP contribution is -2.41. The monoisotopic (exact) mass is 370 g/mol. The molecule has 1 saturated heterocycles. The second-order valence-corrected chi connectivity index (χ2v) is 7.42. The van der Waals surface area contributed by atoms with Gasteiger partial charge in [0.25, 0.3) is 11.5 Å². The third-order valence-electron chi connectivity index (χ3n) is 5.44. The maximum atomic E-state index is 13.2. The number of carbonyl (C=O) groups excluding carboxylic acids is 1. The van der Waals surface area contributed by atoms with E-state index in [2.05, 4.69) is 17.3 Å². The quantitative estimate of drug-likeness (QED) is 0.761. The number of rotatable bonds is 7. The third kappa shape index (κ3) is 4.38. The molecule has 6 nitrogen and oxygen atoms in total. The van der Waals surface area contributed by atoms with E-state index in [1.807, 2.05) is 30.1 Å². The fourth-order valence-electron chi connectivity index (χ4n) is 3.83. The highest BCUT2D eigenvalue weighted by molar-refractivity contribution is 6.04. The van der Waals surface area contributed by atoms with Gasteiger partial charge >= 0.3 is 0 Å². The van der Waals surface area contributed by atoms with E-state index in [0.29, 0.717) is 28.9 Å². The minimum atomic E-state index is -0.106. The number of benzene rings is 1. The Hall–Kier alpha value is -2.21. The van der Waals surface area contributed by atoms with Crippen molar-refractivity contribution in [2.24, 2.45) is 5.92 Å². The van der Waals surface area contributed by atoms with Gasteiger partial charge in [-0.3, -0.25) is 9.59 Å². The van der Waals surface area contributed by atoms with Crippen LogP contribution in [0.2, 0.25) is 0 Å². The Labute approximate surface area is 160 Å². The van der Waals surface area contributed by atoms with Gasteiger partial charge in [-0.05, 0) is 44.8 Å². The summed E-state index contributed by atoms with van der Waals surface area (Å²) in [6.07, 6.45) is 5.02. The Bertz CT molecular complexity index is 838. The zero-order valence-corrected chi connectivity index (χ0v) is 16.4. The lowest BCUT2D eigenvalue weighted by atomic mass is 9.96. The highest BCUT2D eigenvalue weighted by Gasteiger charge is 2.26. The minimum Gasteiger partial charge on any atom is -0.337 e. The van der Waals surface area contributed by atoms with Crippen LogP contribution >= 0.6 is 0 Å². The van der Waals surface area contributed by atoms with Gasteiger partial charge in [0.15, 0.2) is 5.69 Å². The van der Waals surface area contributed by atoms with Gasteiger partial charge in [-0.1, -0.05) is 38.0 Å². The summed E-state index contributed by atoms with van der Waals surface area (Å²) in [7, 11) is 1.97. The van der Waals surface area contributed by atoms with E-state index in [-0.39, 0.29) is 11.5 Å². The fraction of sp³-hybridized carbons (Fsp3) is 0.571. The number of amides is 1. The van der Waals surface area contributed by atoms with Crippen LogP contribution in [0.3, 0.4) is 0 Å². The van der Waals surface area contributed by atoms with Crippen molar-refractivity contribution in [2.45, 2.75) is 45.6 Å². The van der Waals surface area contributed by atoms with Crippen LogP contribution in [0.1, 0.15) is 49.5 Å². The number of aryl methyl sites for hydroxylation is 1. The van der Waals surface area contributed by atoms with Gasteiger partial charge in [0, 0.05) is 25.0 Å². The standard InChI is InChI=1S/C21H30N4O2/c1-3-4-7-12-25-20(26)18-9-6-5-8-17(18)19(23-25)21(27)24-13-10-16(11-14-24)15-22-2/h5-6,8-9,16,22H,3-4,7,10-15H2,1-2H3. The van der Waals surface area contributed by atoms with Crippen molar-refractivity contribution in [3.63, 3.8) is 0 Å². The van der Waals surface area contributed by atoms with Crippen molar-refractivity contribution in [2.75, 3.05) is 26.7 Å². The van der Waals surface area contributed by atoms with Crippen molar-refractivity contribution < 1.29 is 4.79 Å². The number of hydrogen-bond acceptors (Lipinski definition) is 4. The molecule has 1 aromatic heterocycles. The topological polar surface area (TPSA) is 67.2 Å². The predicted octanol–water partition coefficient (Wildman–Crippen LogP) is 2.66. The number of piperidine rings is 1. The largest absolute Gasteiger partial charge is 0.337 e. The van der Waals surface area contributed by atoms with Crippen LogP contribution in [0.15, 0.2) is 29.1 Å². The summed E-state index contributed by atoms with van der Waals surface area (Å²) in [5.41, 5.74) is 0.305. The molecule has 0 spiro atoms. The molecular weight excluding hydrogens is 340 g/mol. The molecule has 2 heterocycles. The first-order chi connectivity index (χ1) is 13.2.